The van der Waals surface area contributed by atoms with Crippen LogP contribution >= 0.6 is 11.3 Å². The van der Waals surface area contributed by atoms with Gasteiger partial charge in [-0.15, -0.1) is 0 Å². The van der Waals surface area contributed by atoms with Crippen LogP contribution in [0, 0.1) is 0 Å². The third kappa shape index (κ3) is 2.08. The summed E-state index contributed by atoms with van der Waals surface area (Å²) < 4.78 is 6.22. The fourth-order valence-electron chi connectivity index (χ4n) is 2.04. The smallest absolute Gasteiger partial charge is 0.279 e. The summed E-state index contributed by atoms with van der Waals surface area (Å²) in [5, 5.41) is 7.16. The van der Waals surface area contributed by atoms with E-state index in [0.717, 1.165) is 28.8 Å². The lowest BCUT2D eigenvalue weighted by molar-refractivity contribution is 0.101. The standard InChI is InChI=1S/C14H11N3O2S/c18-13(10-7-11(19-17-10)8-5-6-8)16-14-15-9-3-1-2-4-12(9)20-14/h1-4,7-8H,5-6H2,(H,15,16,18). The number of thiazole rings is 1. The van der Waals surface area contributed by atoms with E-state index < -0.39 is 0 Å². The van der Waals surface area contributed by atoms with E-state index in [-0.39, 0.29) is 5.91 Å². The van der Waals surface area contributed by atoms with Crippen LogP contribution in [0.4, 0.5) is 5.13 Å². The van der Waals surface area contributed by atoms with Gasteiger partial charge in [0.15, 0.2) is 10.8 Å². The van der Waals surface area contributed by atoms with Crippen LogP contribution in [-0.4, -0.2) is 16.0 Å². The van der Waals surface area contributed by atoms with Gasteiger partial charge >= 0.3 is 0 Å². The molecule has 0 aliphatic heterocycles. The van der Waals surface area contributed by atoms with Crippen molar-refractivity contribution in [2.24, 2.45) is 0 Å². The maximum absolute atomic E-state index is 12.1. The highest BCUT2D eigenvalue weighted by Gasteiger charge is 2.29. The Morgan fingerprint density at radius 3 is 3.00 bits per heavy atom. The molecule has 1 N–H and O–H groups in total. The molecular weight excluding hydrogens is 274 g/mol. The van der Waals surface area contributed by atoms with Crippen LogP contribution in [0.3, 0.4) is 0 Å². The van der Waals surface area contributed by atoms with Crippen molar-refractivity contribution < 1.29 is 9.32 Å². The first-order valence-electron chi connectivity index (χ1n) is 6.43. The molecule has 100 valence electrons. The largest absolute Gasteiger partial charge is 0.360 e. The molecule has 0 saturated heterocycles. The van der Waals surface area contributed by atoms with Crippen molar-refractivity contribution in [1.82, 2.24) is 10.1 Å². The average molecular weight is 285 g/mol. The summed E-state index contributed by atoms with van der Waals surface area (Å²) in [6.45, 7) is 0. The van der Waals surface area contributed by atoms with Crippen LogP contribution in [-0.2, 0) is 0 Å². The highest BCUT2D eigenvalue weighted by molar-refractivity contribution is 7.22. The number of nitrogens with one attached hydrogen (secondary N) is 1. The quantitative estimate of drug-likeness (QED) is 0.800. The number of anilines is 1. The van der Waals surface area contributed by atoms with Gasteiger partial charge in [0.25, 0.3) is 5.91 Å². The molecule has 1 aliphatic carbocycles. The Bertz CT molecular complexity index is 755. The Morgan fingerprint density at radius 2 is 2.20 bits per heavy atom. The highest BCUT2D eigenvalue weighted by Crippen LogP contribution is 2.40. The molecule has 4 rings (SSSR count). The minimum atomic E-state index is -0.278. The van der Waals surface area contributed by atoms with Crippen molar-refractivity contribution in [2.75, 3.05) is 5.32 Å². The number of benzene rings is 1. The highest BCUT2D eigenvalue weighted by atomic mass is 32.1. The molecule has 1 amide bonds. The van der Waals surface area contributed by atoms with Gasteiger partial charge < -0.3 is 4.52 Å². The summed E-state index contributed by atoms with van der Waals surface area (Å²) >= 11 is 1.44. The zero-order chi connectivity index (χ0) is 13.5. The molecule has 0 radical (unpaired) electrons. The second-order valence-corrected chi connectivity index (χ2v) is 5.86. The van der Waals surface area contributed by atoms with Gasteiger partial charge in [-0.2, -0.15) is 0 Å². The van der Waals surface area contributed by atoms with Crippen molar-refractivity contribution in [3.63, 3.8) is 0 Å². The lowest BCUT2D eigenvalue weighted by atomic mass is 10.3. The predicted molar refractivity (Wildman–Crippen MR) is 76.1 cm³/mol. The second kappa shape index (κ2) is 4.42. The number of hydrogen-bond acceptors (Lipinski definition) is 5. The molecule has 5 nitrogen and oxygen atoms in total. The number of rotatable bonds is 3. The molecule has 6 heteroatoms. The first kappa shape index (κ1) is 11.6. The van der Waals surface area contributed by atoms with Gasteiger partial charge in [-0.3, -0.25) is 10.1 Å². The van der Waals surface area contributed by atoms with E-state index in [0.29, 0.717) is 16.7 Å². The molecule has 0 spiro atoms. The van der Waals surface area contributed by atoms with Crippen LogP contribution in [0.15, 0.2) is 34.9 Å². The molecular formula is C14H11N3O2S. The molecule has 0 bridgehead atoms. The molecule has 0 atom stereocenters. The zero-order valence-corrected chi connectivity index (χ0v) is 11.3. The Kier molecular flexibility index (Phi) is 2.56. The SMILES string of the molecule is O=C(Nc1nc2ccccc2s1)c1cc(C2CC2)on1. The zero-order valence-electron chi connectivity index (χ0n) is 10.5. The van der Waals surface area contributed by atoms with Crippen molar-refractivity contribution >= 4 is 32.6 Å². The Hall–Kier alpha value is -2.21. The summed E-state index contributed by atoms with van der Waals surface area (Å²) in [4.78, 5) is 16.4. The Morgan fingerprint density at radius 1 is 1.35 bits per heavy atom. The van der Waals surface area contributed by atoms with Crippen molar-refractivity contribution in [1.29, 1.82) is 0 Å². The number of carbonyl (C=O) groups is 1. The maximum atomic E-state index is 12.1. The number of aromatic nitrogens is 2. The molecule has 2 aromatic heterocycles. The van der Waals surface area contributed by atoms with E-state index in [1.807, 2.05) is 24.3 Å². The third-order valence-electron chi connectivity index (χ3n) is 3.26. The van der Waals surface area contributed by atoms with Crippen molar-refractivity contribution in [3.8, 4) is 0 Å². The maximum Gasteiger partial charge on any atom is 0.279 e. The molecule has 20 heavy (non-hydrogen) atoms. The van der Waals surface area contributed by atoms with Gasteiger partial charge in [-0.05, 0) is 25.0 Å². The van der Waals surface area contributed by atoms with Gasteiger partial charge in [0.1, 0.15) is 5.76 Å². The second-order valence-electron chi connectivity index (χ2n) is 4.83. The summed E-state index contributed by atoms with van der Waals surface area (Å²) in [5.74, 6) is 0.977. The molecule has 1 saturated carbocycles. The monoisotopic (exact) mass is 285 g/mol. The van der Waals surface area contributed by atoms with E-state index >= 15 is 0 Å². The number of hydrogen-bond donors (Lipinski definition) is 1. The molecule has 2 heterocycles. The van der Waals surface area contributed by atoms with E-state index in [1.165, 1.54) is 11.3 Å². The van der Waals surface area contributed by atoms with Crippen LogP contribution in [0.25, 0.3) is 10.2 Å². The van der Waals surface area contributed by atoms with Gasteiger partial charge in [0.2, 0.25) is 0 Å². The summed E-state index contributed by atoms with van der Waals surface area (Å²) in [6, 6.07) is 9.49. The van der Waals surface area contributed by atoms with E-state index in [9.17, 15) is 4.79 Å². The van der Waals surface area contributed by atoms with E-state index in [4.69, 9.17) is 4.52 Å². The predicted octanol–water partition coefficient (Wildman–Crippen LogP) is 3.41. The molecule has 1 aromatic carbocycles. The normalized spacial score (nSPS) is 14.6. The van der Waals surface area contributed by atoms with Crippen LogP contribution in [0.1, 0.15) is 35.0 Å². The minimum absolute atomic E-state index is 0.278. The van der Waals surface area contributed by atoms with Crippen LogP contribution in [0.5, 0.6) is 0 Å². The van der Waals surface area contributed by atoms with E-state index in [2.05, 4.69) is 15.5 Å². The molecule has 1 aliphatic rings. The van der Waals surface area contributed by atoms with Crippen molar-refractivity contribution in [2.45, 2.75) is 18.8 Å². The van der Waals surface area contributed by atoms with Gasteiger partial charge in [-0.1, -0.05) is 28.6 Å². The molecule has 3 aromatic rings. The number of nitrogens with zero attached hydrogens (tertiary/aromatic N) is 2. The summed E-state index contributed by atoms with van der Waals surface area (Å²) in [5.41, 5.74) is 1.19. The van der Waals surface area contributed by atoms with Gasteiger partial charge in [0, 0.05) is 12.0 Å². The minimum Gasteiger partial charge on any atom is -0.360 e. The summed E-state index contributed by atoms with van der Waals surface area (Å²) in [7, 11) is 0. The molecule has 0 unspecified atom stereocenters. The number of fused-ring (bicyclic) bond motifs is 1. The topological polar surface area (TPSA) is 68.0 Å². The Labute approximate surface area is 118 Å². The average Bonchev–Trinajstić information content (AvgIpc) is 3.03. The van der Waals surface area contributed by atoms with Crippen LogP contribution in [0.2, 0.25) is 0 Å². The third-order valence-corrected chi connectivity index (χ3v) is 4.21. The first-order chi connectivity index (χ1) is 9.79. The summed E-state index contributed by atoms with van der Waals surface area (Å²) in [6.07, 6.45) is 2.24. The number of amides is 1. The Balaban J connectivity index is 1.55. The van der Waals surface area contributed by atoms with E-state index in [1.54, 1.807) is 6.07 Å². The molecule has 1 fully saturated rings. The van der Waals surface area contributed by atoms with Gasteiger partial charge in [0.05, 0.1) is 10.2 Å². The number of para-hydroxylation sites is 1. The van der Waals surface area contributed by atoms with Crippen molar-refractivity contribution in [3.05, 3.63) is 41.8 Å². The lowest BCUT2D eigenvalue weighted by Gasteiger charge is -1.95. The number of carbonyl (C=O) groups excluding carboxylic acids is 1. The van der Waals surface area contributed by atoms with Crippen LogP contribution < -0.4 is 5.32 Å². The first-order valence-corrected chi connectivity index (χ1v) is 7.25. The lowest BCUT2D eigenvalue weighted by Crippen LogP contribution is -2.11. The fraction of sp³-hybridized carbons (Fsp3) is 0.214. The fourth-order valence-corrected chi connectivity index (χ4v) is 2.90. The van der Waals surface area contributed by atoms with Gasteiger partial charge in [-0.25, -0.2) is 4.98 Å².